The van der Waals surface area contributed by atoms with Gasteiger partial charge < -0.3 is 5.73 Å². The van der Waals surface area contributed by atoms with Crippen LogP contribution in [0.3, 0.4) is 0 Å². The third-order valence-corrected chi connectivity index (χ3v) is 2.18. The standard InChI is InChI=1S/C10H10FN3O/c1-6-9(12)10(15)14(13-6)8-4-2-3-7(11)5-8/h2-5,13H,12H2,1H3. The molecule has 0 spiro atoms. The highest BCUT2D eigenvalue weighted by Crippen LogP contribution is 2.09. The van der Waals surface area contributed by atoms with Crippen molar-refractivity contribution in [1.29, 1.82) is 0 Å². The molecule has 5 heteroatoms. The lowest BCUT2D eigenvalue weighted by molar-refractivity contribution is 0.625. The monoisotopic (exact) mass is 207 g/mol. The van der Waals surface area contributed by atoms with Crippen molar-refractivity contribution in [3.05, 3.63) is 46.1 Å². The molecule has 0 atom stereocenters. The molecule has 2 rings (SSSR count). The summed E-state index contributed by atoms with van der Waals surface area (Å²) in [5, 5.41) is 2.77. The van der Waals surface area contributed by atoms with Gasteiger partial charge in [-0.05, 0) is 25.1 Å². The number of nitrogens with two attached hydrogens (primary N) is 1. The average molecular weight is 207 g/mol. The van der Waals surface area contributed by atoms with Gasteiger partial charge in [0, 0.05) is 0 Å². The summed E-state index contributed by atoms with van der Waals surface area (Å²) in [7, 11) is 0. The number of benzene rings is 1. The molecule has 1 aromatic heterocycles. The van der Waals surface area contributed by atoms with E-state index in [-0.39, 0.29) is 11.2 Å². The van der Waals surface area contributed by atoms with E-state index < -0.39 is 5.82 Å². The quantitative estimate of drug-likeness (QED) is 0.737. The number of nitrogens with one attached hydrogen (secondary N) is 1. The highest BCUT2D eigenvalue weighted by atomic mass is 19.1. The summed E-state index contributed by atoms with van der Waals surface area (Å²) in [5.41, 5.74) is 6.31. The van der Waals surface area contributed by atoms with Gasteiger partial charge in [-0.15, -0.1) is 0 Å². The van der Waals surface area contributed by atoms with Crippen LogP contribution in [0.25, 0.3) is 5.69 Å². The van der Waals surface area contributed by atoms with E-state index in [2.05, 4.69) is 5.10 Å². The van der Waals surface area contributed by atoms with Crippen LogP contribution in [-0.2, 0) is 0 Å². The number of hydrogen-bond donors (Lipinski definition) is 2. The molecule has 0 amide bonds. The number of H-pyrrole nitrogens is 1. The second-order valence-corrected chi connectivity index (χ2v) is 3.27. The molecule has 15 heavy (non-hydrogen) atoms. The topological polar surface area (TPSA) is 63.8 Å². The number of hydrogen-bond acceptors (Lipinski definition) is 2. The third kappa shape index (κ3) is 1.52. The van der Waals surface area contributed by atoms with Gasteiger partial charge in [-0.2, -0.15) is 0 Å². The highest BCUT2D eigenvalue weighted by molar-refractivity contribution is 5.43. The normalized spacial score (nSPS) is 10.5. The van der Waals surface area contributed by atoms with E-state index in [1.54, 1.807) is 13.0 Å². The zero-order valence-electron chi connectivity index (χ0n) is 8.12. The largest absolute Gasteiger partial charge is 0.393 e. The third-order valence-electron chi connectivity index (χ3n) is 2.18. The predicted molar refractivity (Wildman–Crippen MR) is 55.5 cm³/mol. The first-order valence-electron chi connectivity index (χ1n) is 4.42. The number of nitrogens with zero attached hydrogens (tertiary/aromatic N) is 1. The molecule has 0 aliphatic rings. The van der Waals surface area contributed by atoms with E-state index in [0.29, 0.717) is 11.4 Å². The molecule has 4 nitrogen and oxygen atoms in total. The van der Waals surface area contributed by atoms with Gasteiger partial charge in [-0.3, -0.25) is 9.89 Å². The Bertz CT molecular complexity index is 556. The molecule has 2 aromatic rings. The van der Waals surface area contributed by atoms with Gasteiger partial charge in [0.05, 0.1) is 11.4 Å². The van der Waals surface area contributed by atoms with Crippen molar-refractivity contribution < 1.29 is 4.39 Å². The Hall–Kier alpha value is -2.04. The Morgan fingerprint density at radius 1 is 1.47 bits per heavy atom. The molecule has 1 heterocycles. The van der Waals surface area contributed by atoms with Crippen LogP contribution < -0.4 is 11.3 Å². The molecular formula is C10H10FN3O. The summed E-state index contributed by atoms with van der Waals surface area (Å²) >= 11 is 0. The van der Waals surface area contributed by atoms with Crippen molar-refractivity contribution in [2.75, 3.05) is 5.73 Å². The van der Waals surface area contributed by atoms with Crippen LogP contribution in [0.4, 0.5) is 10.1 Å². The van der Waals surface area contributed by atoms with Gasteiger partial charge in [0.1, 0.15) is 11.5 Å². The van der Waals surface area contributed by atoms with Crippen molar-refractivity contribution in [1.82, 2.24) is 9.78 Å². The summed E-state index contributed by atoms with van der Waals surface area (Å²) in [5.74, 6) is -0.398. The summed E-state index contributed by atoms with van der Waals surface area (Å²) in [6.07, 6.45) is 0. The van der Waals surface area contributed by atoms with Crippen molar-refractivity contribution in [3.63, 3.8) is 0 Å². The Labute approximate surface area is 85.1 Å². The first-order valence-corrected chi connectivity index (χ1v) is 4.42. The summed E-state index contributed by atoms with van der Waals surface area (Å²) in [6, 6.07) is 5.73. The van der Waals surface area contributed by atoms with Crippen molar-refractivity contribution >= 4 is 5.69 Å². The number of aromatic amines is 1. The van der Waals surface area contributed by atoms with E-state index in [9.17, 15) is 9.18 Å². The summed E-state index contributed by atoms with van der Waals surface area (Å²) < 4.78 is 14.1. The molecule has 0 fully saturated rings. The average Bonchev–Trinajstić information content (AvgIpc) is 2.46. The predicted octanol–water partition coefficient (Wildman–Crippen LogP) is 1.20. The molecule has 0 aliphatic carbocycles. The van der Waals surface area contributed by atoms with Gasteiger partial charge in [0.15, 0.2) is 0 Å². The molecule has 0 bridgehead atoms. The van der Waals surface area contributed by atoms with Crippen molar-refractivity contribution in [3.8, 4) is 5.69 Å². The second kappa shape index (κ2) is 3.27. The van der Waals surface area contributed by atoms with Gasteiger partial charge >= 0.3 is 0 Å². The van der Waals surface area contributed by atoms with E-state index in [1.165, 1.54) is 22.9 Å². The van der Waals surface area contributed by atoms with Crippen LogP contribution in [0.15, 0.2) is 29.1 Å². The molecule has 78 valence electrons. The molecule has 1 aromatic carbocycles. The van der Waals surface area contributed by atoms with Crippen LogP contribution in [0.1, 0.15) is 5.69 Å². The second-order valence-electron chi connectivity index (χ2n) is 3.27. The molecule has 0 saturated carbocycles. The minimum absolute atomic E-state index is 0.152. The molecule has 3 N–H and O–H groups in total. The van der Waals surface area contributed by atoms with Gasteiger partial charge in [-0.1, -0.05) is 6.07 Å². The number of aryl methyl sites for hydroxylation is 1. The lowest BCUT2D eigenvalue weighted by Gasteiger charge is -2.00. The fraction of sp³-hybridized carbons (Fsp3) is 0.100. The van der Waals surface area contributed by atoms with Crippen LogP contribution in [0.5, 0.6) is 0 Å². The maximum absolute atomic E-state index is 12.9. The fourth-order valence-corrected chi connectivity index (χ4v) is 1.36. The van der Waals surface area contributed by atoms with E-state index >= 15 is 0 Å². The number of anilines is 1. The Kier molecular flexibility index (Phi) is 2.07. The number of rotatable bonds is 1. The number of nitrogen functional groups attached to an aromatic ring is 1. The SMILES string of the molecule is Cc1[nH]n(-c2cccc(F)c2)c(=O)c1N. The maximum Gasteiger partial charge on any atom is 0.294 e. The Balaban J connectivity index is 2.64. The van der Waals surface area contributed by atoms with E-state index in [1.807, 2.05) is 0 Å². The molecule has 0 unspecified atom stereocenters. The fourth-order valence-electron chi connectivity index (χ4n) is 1.36. The van der Waals surface area contributed by atoms with Crippen molar-refractivity contribution in [2.45, 2.75) is 6.92 Å². The first-order chi connectivity index (χ1) is 7.09. The number of aromatic nitrogens is 2. The van der Waals surface area contributed by atoms with Crippen LogP contribution in [-0.4, -0.2) is 9.78 Å². The molecule has 0 saturated heterocycles. The summed E-state index contributed by atoms with van der Waals surface area (Å²) in [6.45, 7) is 1.69. The minimum atomic E-state index is -0.398. The highest BCUT2D eigenvalue weighted by Gasteiger charge is 2.08. The lowest BCUT2D eigenvalue weighted by atomic mass is 10.3. The molecule has 0 radical (unpaired) electrons. The van der Waals surface area contributed by atoms with Crippen LogP contribution in [0.2, 0.25) is 0 Å². The smallest absolute Gasteiger partial charge is 0.294 e. The maximum atomic E-state index is 12.9. The molecule has 0 aliphatic heterocycles. The van der Waals surface area contributed by atoms with Crippen molar-refractivity contribution in [2.24, 2.45) is 0 Å². The first kappa shape index (κ1) is 9.51. The lowest BCUT2D eigenvalue weighted by Crippen LogP contribution is -2.16. The number of halogens is 1. The van der Waals surface area contributed by atoms with Gasteiger partial charge in [-0.25, -0.2) is 9.07 Å². The Morgan fingerprint density at radius 3 is 2.73 bits per heavy atom. The molecular weight excluding hydrogens is 197 g/mol. The van der Waals surface area contributed by atoms with Crippen LogP contribution >= 0.6 is 0 Å². The minimum Gasteiger partial charge on any atom is -0.393 e. The van der Waals surface area contributed by atoms with Gasteiger partial charge in [0.25, 0.3) is 5.56 Å². The zero-order chi connectivity index (χ0) is 11.0. The zero-order valence-corrected chi connectivity index (χ0v) is 8.12. The Morgan fingerprint density at radius 2 is 2.20 bits per heavy atom. The van der Waals surface area contributed by atoms with Crippen LogP contribution in [0, 0.1) is 12.7 Å². The summed E-state index contributed by atoms with van der Waals surface area (Å²) in [4.78, 5) is 11.6. The van der Waals surface area contributed by atoms with E-state index in [4.69, 9.17) is 5.73 Å². The van der Waals surface area contributed by atoms with E-state index in [0.717, 1.165) is 0 Å². The van der Waals surface area contributed by atoms with Gasteiger partial charge in [0.2, 0.25) is 0 Å².